The Bertz CT molecular complexity index is 225. The van der Waals surface area contributed by atoms with Gasteiger partial charge in [-0.25, -0.2) is 0 Å². The number of esters is 1. The number of hydrogen-bond donors (Lipinski definition) is 1. The Morgan fingerprint density at radius 3 is 2.00 bits per heavy atom. The van der Waals surface area contributed by atoms with Crippen molar-refractivity contribution in [2.75, 3.05) is 14.2 Å². The smallest absolute Gasteiger partial charge is 0.325 e. The summed E-state index contributed by atoms with van der Waals surface area (Å²) >= 11 is 0. The molecule has 1 aliphatic carbocycles. The van der Waals surface area contributed by atoms with Gasteiger partial charge in [-0.15, -0.1) is 12.4 Å². The molecule has 1 saturated carbocycles. The average Bonchev–Trinajstić information content (AvgIpc) is 2.22. The molecule has 4 nitrogen and oxygen atoms in total. The fraction of sp³-hybridized carbons (Fsp3) is 0.900. The molecule has 90 valence electrons. The Balaban J connectivity index is 0.00000196. The minimum absolute atomic E-state index is 0. The zero-order chi connectivity index (χ0) is 10.8. The van der Waals surface area contributed by atoms with E-state index in [0.29, 0.717) is 12.8 Å². The van der Waals surface area contributed by atoms with E-state index in [0.717, 1.165) is 12.8 Å². The van der Waals surface area contributed by atoms with Gasteiger partial charge in [-0.2, -0.15) is 0 Å². The number of carbonyl (C=O) groups is 1. The summed E-state index contributed by atoms with van der Waals surface area (Å²) in [6, 6.07) is 0. The monoisotopic (exact) mass is 237 g/mol. The second-order valence-corrected chi connectivity index (χ2v) is 4.30. The third-order valence-corrected chi connectivity index (χ3v) is 3.28. The summed E-state index contributed by atoms with van der Waals surface area (Å²) in [5, 5.41) is 0. The van der Waals surface area contributed by atoms with Gasteiger partial charge in [0.25, 0.3) is 0 Å². The molecule has 0 aromatic heterocycles. The van der Waals surface area contributed by atoms with Crippen LogP contribution in [0.15, 0.2) is 0 Å². The van der Waals surface area contributed by atoms with E-state index in [1.165, 1.54) is 7.11 Å². The molecule has 0 spiro atoms. The van der Waals surface area contributed by atoms with E-state index in [1.807, 2.05) is 6.92 Å². The topological polar surface area (TPSA) is 61.5 Å². The molecule has 0 aromatic rings. The molecule has 0 atom stereocenters. The standard InChI is InChI=1S/C10H19NO3.ClH/c1-9(14-3)4-6-10(11,7-5-9)8(12)13-2;/h4-7,11H2,1-3H3;1H/t9-,10-;. The van der Waals surface area contributed by atoms with Crippen LogP contribution in [0.5, 0.6) is 0 Å². The second kappa shape index (κ2) is 5.14. The van der Waals surface area contributed by atoms with Crippen LogP contribution in [0.4, 0.5) is 0 Å². The number of rotatable bonds is 2. The summed E-state index contributed by atoms with van der Waals surface area (Å²) in [4.78, 5) is 11.4. The lowest BCUT2D eigenvalue weighted by Gasteiger charge is -2.40. The van der Waals surface area contributed by atoms with E-state index >= 15 is 0 Å². The van der Waals surface area contributed by atoms with E-state index in [4.69, 9.17) is 10.5 Å². The zero-order valence-corrected chi connectivity index (χ0v) is 10.4. The van der Waals surface area contributed by atoms with Crippen LogP contribution in [0.1, 0.15) is 32.6 Å². The molecule has 0 aliphatic heterocycles. The van der Waals surface area contributed by atoms with Gasteiger partial charge in [0.1, 0.15) is 5.54 Å². The third kappa shape index (κ3) is 3.06. The Labute approximate surface area is 96.9 Å². The maximum absolute atomic E-state index is 11.4. The predicted molar refractivity (Wildman–Crippen MR) is 60.1 cm³/mol. The highest BCUT2D eigenvalue weighted by molar-refractivity contribution is 5.85. The summed E-state index contributed by atoms with van der Waals surface area (Å²) in [5.74, 6) is -0.310. The molecule has 0 saturated heterocycles. The SMILES string of the molecule is COC(=O)[C@]1(N)CC[C@](C)(OC)CC1.Cl. The number of halogens is 1. The van der Waals surface area contributed by atoms with Gasteiger partial charge in [0.2, 0.25) is 0 Å². The summed E-state index contributed by atoms with van der Waals surface area (Å²) in [7, 11) is 3.07. The van der Waals surface area contributed by atoms with Crippen LogP contribution < -0.4 is 5.73 Å². The van der Waals surface area contributed by atoms with E-state index in [2.05, 4.69) is 4.74 Å². The molecular weight excluding hydrogens is 218 g/mol. The fourth-order valence-corrected chi connectivity index (χ4v) is 1.84. The van der Waals surface area contributed by atoms with Crippen LogP contribution in [0.2, 0.25) is 0 Å². The van der Waals surface area contributed by atoms with Crippen LogP contribution >= 0.6 is 12.4 Å². The number of carbonyl (C=O) groups excluding carboxylic acids is 1. The van der Waals surface area contributed by atoms with Gasteiger partial charge in [0.15, 0.2) is 0 Å². The van der Waals surface area contributed by atoms with Crippen molar-refractivity contribution in [1.82, 2.24) is 0 Å². The number of methoxy groups -OCH3 is 2. The normalized spacial score (nSPS) is 35.5. The Kier molecular flexibility index (Phi) is 5.03. The van der Waals surface area contributed by atoms with E-state index < -0.39 is 5.54 Å². The lowest BCUT2D eigenvalue weighted by Crippen LogP contribution is -2.54. The predicted octanol–water partition coefficient (Wildman–Crippen LogP) is 1.26. The fourth-order valence-electron chi connectivity index (χ4n) is 1.84. The van der Waals surface area contributed by atoms with Crippen LogP contribution in [-0.4, -0.2) is 31.3 Å². The summed E-state index contributed by atoms with van der Waals surface area (Å²) in [6.45, 7) is 2.05. The van der Waals surface area contributed by atoms with Crippen molar-refractivity contribution in [1.29, 1.82) is 0 Å². The minimum atomic E-state index is -0.799. The number of ether oxygens (including phenoxy) is 2. The van der Waals surface area contributed by atoms with Gasteiger partial charge in [-0.05, 0) is 32.6 Å². The van der Waals surface area contributed by atoms with Crippen molar-refractivity contribution in [2.24, 2.45) is 5.73 Å². The molecule has 0 bridgehead atoms. The van der Waals surface area contributed by atoms with Gasteiger partial charge in [0, 0.05) is 7.11 Å². The molecule has 5 heteroatoms. The quantitative estimate of drug-likeness (QED) is 0.735. The maximum Gasteiger partial charge on any atom is 0.325 e. The first-order chi connectivity index (χ1) is 6.46. The van der Waals surface area contributed by atoms with Crippen molar-refractivity contribution in [3.05, 3.63) is 0 Å². The molecule has 0 unspecified atom stereocenters. The number of hydrogen-bond acceptors (Lipinski definition) is 4. The van der Waals surface area contributed by atoms with Gasteiger partial charge < -0.3 is 15.2 Å². The average molecular weight is 238 g/mol. The highest BCUT2D eigenvalue weighted by atomic mass is 35.5. The lowest BCUT2D eigenvalue weighted by atomic mass is 9.75. The Morgan fingerprint density at radius 1 is 1.20 bits per heavy atom. The largest absolute Gasteiger partial charge is 0.468 e. The molecule has 0 amide bonds. The molecule has 1 aliphatic rings. The van der Waals surface area contributed by atoms with E-state index in [9.17, 15) is 4.79 Å². The van der Waals surface area contributed by atoms with Crippen LogP contribution in [0.25, 0.3) is 0 Å². The Morgan fingerprint density at radius 2 is 1.67 bits per heavy atom. The van der Waals surface area contributed by atoms with E-state index in [-0.39, 0.29) is 24.0 Å². The third-order valence-electron chi connectivity index (χ3n) is 3.28. The molecule has 0 radical (unpaired) electrons. The first kappa shape index (κ1) is 14.7. The van der Waals surface area contributed by atoms with Crippen LogP contribution in [0.3, 0.4) is 0 Å². The van der Waals surface area contributed by atoms with Crippen molar-refractivity contribution in [3.63, 3.8) is 0 Å². The molecule has 1 rings (SSSR count). The molecule has 15 heavy (non-hydrogen) atoms. The van der Waals surface area contributed by atoms with Crippen molar-refractivity contribution in [3.8, 4) is 0 Å². The van der Waals surface area contributed by atoms with Crippen molar-refractivity contribution in [2.45, 2.75) is 43.7 Å². The summed E-state index contributed by atoms with van der Waals surface area (Å²) < 4.78 is 10.1. The molecule has 2 N–H and O–H groups in total. The maximum atomic E-state index is 11.4. The zero-order valence-electron chi connectivity index (χ0n) is 9.54. The summed E-state index contributed by atoms with van der Waals surface area (Å²) in [5.41, 5.74) is 5.03. The van der Waals surface area contributed by atoms with Gasteiger partial charge in [-0.1, -0.05) is 0 Å². The van der Waals surface area contributed by atoms with Crippen molar-refractivity contribution >= 4 is 18.4 Å². The van der Waals surface area contributed by atoms with Crippen LogP contribution in [-0.2, 0) is 14.3 Å². The molecule has 1 fully saturated rings. The van der Waals surface area contributed by atoms with Gasteiger partial charge in [0.05, 0.1) is 12.7 Å². The lowest BCUT2D eigenvalue weighted by molar-refractivity contribution is -0.151. The Hall–Kier alpha value is -0.320. The van der Waals surface area contributed by atoms with Gasteiger partial charge >= 0.3 is 5.97 Å². The first-order valence-corrected chi connectivity index (χ1v) is 4.88. The highest BCUT2D eigenvalue weighted by Crippen LogP contribution is 2.35. The highest BCUT2D eigenvalue weighted by Gasteiger charge is 2.43. The molecule has 0 aromatic carbocycles. The molecular formula is C10H20ClNO3. The molecule has 0 heterocycles. The van der Waals surface area contributed by atoms with Gasteiger partial charge in [-0.3, -0.25) is 4.79 Å². The minimum Gasteiger partial charge on any atom is -0.468 e. The summed E-state index contributed by atoms with van der Waals surface area (Å²) in [6.07, 6.45) is 2.86. The van der Waals surface area contributed by atoms with Crippen LogP contribution in [0, 0.1) is 0 Å². The van der Waals surface area contributed by atoms with Crippen molar-refractivity contribution < 1.29 is 14.3 Å². The number of nitrogens with two attached hydrogens (primary N) is 1. The second-order valence-electron chi connectivity index (χ2n) is 4.30. The first-order valence-electron chi connectivity index (χ1n) is 4.88. The van der Waals surface area contributed by atoms with E-state index in [1.54, 1.807) is 7.11 Å².